The number of halogens is 1. The number of rotatable bonds is 4. The summed E-state index contributed by atoms with van der Waals surface area (Å²) in [4.78, 5) is 0. The first-order chi connectivity index (χ1) is 11.1. The van der Waals surface area contributed by atoms with E-state index in [1.54, 1.807) is 29.3 Å². The quantitative estimate of drug-likeness (QED) is 0.546. The zero-order chi connectivity index (χ0) is 16.2. The van der Waals surface area contributed by atoms with Gasteiger partial charge in [0, 0.05) is 10.6 Å². The van der Waals surface area contributed by atoms with E-state index in [2.05, 4.69) is 15.3 Å². The van der Waals surface area contributed by atoms with Crippen LogP contribution in [0.2, 0.25) is 5.02 Å². The molecular formula is C16H13ClN4OS. The Kier molecular flexibility index (Phi) is 4.55. The number of nitrogens with one attached hydrogen (secondary N) is 1. The normalized spacial score (nSPS) is 12.2. The van der Waals surface area contributed by atoms with Crippen molar-refractivity contribution in [3.8, 4) is 11.4 Å². The van der Waals surface area contributed by atoms with Crippen molar-refractivity contribution in [3.05, 3.63) is 63.8 Å². The number of H-pyrrole nitrogens is 1. The molecule has 0 aliphatic heterocycles. The fourth-order valence-corrected chi connectivity index (χ4v) is 2.27. The van der Waals surface area contributed by atoms with Gasteiger partial charge >= 0.3 is 0 Å². The lowest BCUT2D eigenvalue weighted by Crippen LogP contribution is -1.94. The summed E-state index contributed by atoms with van der Waals surface area (Å²) >= 11 is 11.1. The van der Waals surface area contributed by atoms with Gasteiger partial charge in [-0.15, -0.1) is 0 Å². The molecule has 0 spiro atoms. The number of hydrogen-bond acceptors (Lipinski definition) is 4. The molecule has 0 amide bonds. The van der Waals surface area contributed by atoms with Gasteiger partial charge < -0.3 is 4.42 Å². The van der Waals surface area contributed by atoms with E-state index < -0.39 is 0 Å². The predicted molar refractivity (Wildman–Crippen MR) is 94.1 cm³/mol. The fraction of sp³-hybridized carbons (Fsp3) is 0.0625. The molecule has 0 fully saturated rings. The van der Waals surface area contributed by atoms with E-state index in [9.17, 15) is 0 Å². The highest BCUT2D eigenvalue weighted by Crippen LogP contribution is 2.19. The van der Waals surface area contributed by atoms with Crippen molar-refractivity contribution in [2.75, 3.05) is 0 Å². The first kappa shape index (κ1) is 15.5. The fourth-order valence-electron chi connectivity index (χ4n) is 1.97. The van der Waals surface area contributed by atoms with Gasteiger partial charge in [0.05, 0.1) is 12.5 Å². The average Bonchev–Trinajstić information content (AvgIpc) is 3.16. The Bertz CT molecular complexity index is 904. The van der Waals surface area contributed by atoms with E-state index in [-0.39, 0.29) is 0 Å². The predicted octanol–water partition coefficient (Wildman–Crippen LogP) is 4.79. The van der Waals surface area contributed by atoms with Gasteiger partial charge in [-0.3, -0.25) is 0 Å². The van der Waals surface area contributed by atoms with Crippen LogP contribution in [-0.4, -0.2) is 21.1 Å². The summed E-state index contributed by atoms with van der Waals surface area (Å²) in [5.74, 6) is 1.39. The Hall–Kier alpha value is -2.44. The number of allylic oxidation sites excluding steroid dienone is 1. The van der Waals surface area contributed by atoms with Crippen LogP contribution in [0.15, 0.2) is 57.8 Å². The zero-order valence-electron chi connectivity index (χ0n) is 12.2. The summed E-state index contributed by atoms with van der Waals surface area (Å²) < 4.78 is 7.25. The minimum Gasteiger partial charge on any atom is -0.465 e. The molecule has 0 saturated carbocycles. The number of aromatic nitrogens is 3. The van der Waals surface area contributed by atoms with Gasteiger partial charge in [0.25, 0.3) is 0 Å². The van der Waals surface area contributed by atoms with Gasteiger partial charge in [0.2, 0.25) is 4.77 Å². The molecule has 0 atom stereocenters. The minimum atomic E-state index is 0.414. The largest absolute Gasteiger partial charge is 0.465 e. The van der Waals surface area contributed by atoms with Gasteiger partial charge in [-0.1, -0.05) is 11.6 Å². The molecule has 7 heteroatoms. The molecule has 23 heavy (non-hydrogen) atoms. The average molecular weight is 345 g/mol. The lowest BCUT2D eigenvalue weighted by molar-refractivity contribution is 0.557. The Labute approximate surface area is 142 Å². The topological polar surface area (TPSA) is 59.1 Å². The molecule has 116 valence electrons. The van der Waals surface area contributed by atoms with Gasteiger partial charge in [-0.05, 0) is 67.2 Å². The number of furan rings is 1. The maximum atomic E-state index is 5.91. The molecule has 0 bridgehead atoms. The van der Waals surface area contributed by atoms with E-state index in [4.69, 9.17) is 28.2 Å². The number of aromatic amines is 1. The smallest absolute Gasteiger partial charge is 0.216 e. The Morgan fingerprint density at radius 2 is 2.13 bits per heavy atom. The van der Waals surface area contributed by atoms with Crippen molar-refractivity contribution >= 4 is 36.1 Å². The molecule has 1 N–H and O–H groups in total. The van der Waals surface area contributed by atoms with Gasteiger partial charge in [0.1, 0.15) is 5.76 Å². The second kappa shape index (κ2) is 6.76. The van der Waals surface area contributed by atoms with Gasteiger partial charge in [-0.25, -0.2) is 5.10 Å². The second-order valence-electron chi connectivity index (χ2n) is 4.82. The summed E-state index contributed by atoms with van der Waals surface area (Å²) in [5, 5.41) is 12.0. The van der Waals surface area contributed by atoms with Crippen molar-refractivity contribution in [1.29, 1.82) is 0 Å². The monoisotopic (exact) mass is 344 g/mol. The van der Waals surface area contributed by atoms with E-state index in [1.165, 1.54) is 0 Å². The van der Waals surface area contributed by atoms with Crippen molar-refractivity contribution in [2.24, 2.45) is 5.10 Å². The molecule has 3 rings (SSSR count). The van der Waals surface area contributed by atoms with E-state index >= 15 is 0 Å². The van der Waals surface area contributed by atoms with E-state index in [1.807, 2.05) is 37.3 Å². The van der Waals surface area contributed by atoms with E-state index in [0.717, 1.165) is 16.9 Å². The summed E-state index contributed by atoms with van der Waals surface area (Å²) in [6, 6.07) is 11.0. The molecule has 3 aromatic rings. The highest BCUT2D eigenvalue weighted by Gasteiger charge is 2.07. The zero-order valence-corrected chi connectivity index (χ0v) is 13.8. The van der Waals surface area contributed by atoms with Crippen LogP contribution in [0, 0.1) is 4.77 Å². The SMILES string of the molecule is CC(/C=N\n1c(-c2ccc(Cl)cc2)n[nH]c1=S)=C\c1ccco1. The number of hydrogen-bond donors (Lipinski definition) is 1. The molecule has 2 aromatic heterocycles. The standard InChI is InChI=1S/C16H13ClN4OS/c1-11(9-14-3-2-8-22-14)10-18-21-15(19-20-16(21)23)12-4-6-13(17)7-5-12/h2-10H,1H3,(H,20,23)/b11-9+,18-10-. The summed E-state index contributed by atoms with van der Waals surface area (Å²) in [6.07, 6.45) is 5.21. The van der Waals surface area contributed by atoms with Crippen LogP contribution in [-0.2, 0) is 0 Å². The summed E-state index contributed by atoms with van der Waals surface area (Å²) in [7, 11) is 0. The van der Waals surface area contributed by atoms with Crippen LogP contribution in [0.5, 0.6) is 0 Å². The van der Waals surface area contributed by atoms with Crippen LogP contribution >= 0.6 is 23.8 Å². The van der Waals surface area contributed by atoms with Gasteiger partial charge in [-0.2, -0.15) is 14.9 Å². The van der Waals surface area contributed by atoms with Crippen molar-refractivity contribution < 1.29 is 4.42 Å². The van der Waals surface area contributed by atoms with Crippen LogP contribution < -0.4 is 0 Å². The van der Waals surface area contributed by atoms with Crippen LogP contribution in [0.4, 0.5) is 0 Å². The lowest BCUT2D eigenvalue weighted by Gasteiger charge is -2.01. The first-order valence-electron chi connectivity index (χ1n) is 6.83. The highest BCUT2D eigenvalue weighted by molar-refractivity contribution is 7.71. The maximum absolute atomic E-state index is 5.91. The number of benzene rings is 1. The highest BCUT2D eigenvalue weighted by atomic mass is 35.5. The van der Waals surface area contributed by atoms with Crippen molar-refractivity contribution in [2.45, 2.75) is 6.92 Å². The third-order valence-electron chi connectivity index (χ3n) is 3.04. The molecule has 0 aliphatic carbocycles. The summed E-state index contributed by atoms with van der Waals surface area (Å²) in [5.41, 5.74) is 1.79. The van der Waals surface area contributed by atoms with Crippen LogP contribution in [0.25, 0.3) is 17.5 Å². The van der Waals surface area contributed by atoms with Crippen molar-refractivity contribution in [3.63, 3.8) is 0 Å². The molecule has 0 unspecified atom stereocenters. The Balaban J connectivity index is 1.91. The summed E-state index contributed by atoms with van der Waals surface area (Å²) in [6.45, 7) is 1.93. The maximum Gasteiger partial charge on any atom is 0.216 e. The van der Waals surface area contributed by atoms with Crippen LogP contribution in [0.1, 0.15) is 12.7 Å². The van der Waals surface area contributed by atoms with E-state index in [0.29, 0.717) is 15.6 Å². The molecule has 0 aliphatic rings. The van der Waals surface area contributed by atoms with Crippen molar-refractivity contribution in [1.82, 2.24) is 14.9 Å². The molecular weight excluding hydrogens is 332 g/mol. The third kappa shape index (κ3) is 3.67. The second-order valence-corrected chi connectivity index (χ2v) is 5.64. The lowest BCUT2D eigenvalue weighted by atomic mass is 10.2. The van der Waals surface area contributed by atoms with Crippen LogP contribution in [0.3, 0.4) is 0 Å². The Morgan fingerprint density at radius 3 is 2.83 bits per heavy atom. The first-order valence-corrected chi connectivity index (χ1v) is 7.61. The molecule has 5 nitrogen and oxygen atoms in total. The number of nitrogens with zero attached hydrogens (tertiary/aromatic N) is 3. The van der Waals surface area contributed by atoms with Gasteiger partial charge in [0.15, 0.2) is 5.82 Å². The molecule has 2 heterocycles. The molecule has 0 radical (unpaired) electrons. The Morgan fingerprint density at radius 1 is 1.35 bits per heavy atom. The molecule has 1 aromatic carbocycles. The molecule has 0 saturated heterocycles. The minimum absolute atomic E-state index is 0.414. The third-order valence-corrected chi connectivity index (χ3v) is 3.56.